The number of carbonyl (C=O) groups is 1. The van der Waals surface area contributed by atoms with Crippen LogP contribution in [-0.4, -0.2) is 18.3 Å². The lowest BCUT2D eigenvalue weighted by atomic mass is 10.0. The Morgan fingerprint density at radius 3 is 1.67 bits per heavy atom. The average molecular weight is 435 g/mol. The Morgan fingerprint density at radius 1 is 0.700 bits per heavy atom. The van der Waals surface area contributed by atoms with Crippen LogP contribution in [0.5, 0.6) is 0 Å². The van der Waals surface area contributed by atoms with Crippen LogP contribution in [0.4, 0.5) is 0 Å². The average Bonchev–Trinajstić information content (AvgIpc) is 2.76. The summed E-state index contributed by atoms with van der Waals surface area (Å²) in [7, 11) is 0. The molecule has 172 valence electrons. The highest BCUT2D eigenvalue weighted by atomic mass is 32.2. The van der Waals surface area contributed by atoms with Gasteiger partial charge in [0.05, 0.1) is 12.4 Å². The Morgan fingerprint density at radius 2 is 1.17 bits per heavy atom. The highest BCUT2D eigenvalue weighted by Gasteiger charge is 2.03. The SMILES string of the molecule is CCCCCCCCCCCCCCCCCCOC(=O)CSCc1ccccc1. The van der Waals surface area contributed by atoms with Crippen LogP contribution in [0.15, 0.2) is 30.3 Å². The van der Waals surface area contributed by atoms with Crippen molar-refractivity contribution in [2.45, 2.75) is 115 Å². The largest absolute Gasteiger partial charge is 0.465 e. The van der Waals surface area contributed by atoms with E-state index < -0.39 is 0 Å². The first-order chi connectivity index (χ1) is 14.8. The molecule has 0 fully saturated rings. The number of unbranched alkanes of at least 4 members (excludes halogenated alkanes) is 15. The second-order valence-corrected chi connectivity index (χ2v) is 9.49. The maximum Gasteiger partial charge on any atom is 0.315 e. The van der Waals surface area contributed by atoms with Crippen LogP contribution >= 0.6 is 11.8 Å². The van der Waals surface area contributed by atoms with Crippen molar-refractivity contribution in [3.05, 3.63) is 35.9 Å². The first-order valence-corrected chi connectivity index (χ1v) is 13.8. The van der Waals surface area contributed by atoms with Crippen molar-refractivity contribution in [2.24, 2.45) is 0 Å². The van der Waals surface area contributed by atoms with Crippen LogP contribution in [0.3, 0.4) is 0 Å². The van der Waals surface area contributed by atoms with E-state index in [1.165, 1.54) is 102 Å². The van der Waals surface area contributed by atoms with E-state index >= 15 is 0 Å². The number of ether oxygens (including phenoxy) is 1. The van der Waals surface area contributed by atoms with Gasteiger partial charge in [-0.3, -0.25) is 4.79 Å². The minimum absolute atomic E-state index is 0.0723. The number of esters is 1. The highest BCUT2D eigenvalue weighted by Crippen LogP contribution is 2.14. The second kappa shape index (κ2) is 21.3. The maximum absolute atomic E-state index is 11.8. The highest BCUT2D eigenvalue weighted by molar-refractivity contribution is 7.99. The van der Waals surface area contributed by atoms with Crippen molar-refractivity contribution >= 4 is 17.7 Å². The van der Waals surface area contributed by atoms with Crippen LogP contribution < -0.4 is 0 Å². The van der Waals surface area contributed by atoms with Gasteiger partial charge in [-0.1, -0.05) is 134 Å². The van der Waals surface area contributed by atoms with Crippen molar-refractivity contribution in [1.82, 2.24) is 0 Å². The van der Waals surface area contributed by atoms with Gasteiger partial charge in [0.1, 0.15) is 0 Å². The Balaban J connectivity index is 1.73. The summed E-state index contributed by atoms with van der Waals surface area (Å²) >= 11 is 1.63. The Kier molecular flexibility index (Phi) is 19.2. The van der Waals surface area contributed by atoms with Gasteiger partial charge in [0.2, 0.25) is 0 Å². The molecule has 1 rings (SSSR count). The molecule has 0 aromatic heterocycles. The molecule has 0 saturated carbocycles. The van der Waals surface area contributed by atoms with Gasteiger partial charge in [-0.2, -0.15) is 0 Å². The van der Waals surface area contributed by atoms with E-state index in [0.717, 1.165) is 12.2 Å². The summed E-state index contributed by atoms with van der Waals surface area (Å²) in [5, 5.41) is 0. The predicted molar refractivity (Wildman–Crippen MR) is 133 cm³/mol. The van der Waals surface area contributed by atoms with Gasteiger partial charge in [0.25, 0.3) is 0 Å². The van der Waals surface area contributed by atoms with Crippen molar-refractivity contribution in [3.63, 3.8) is 0 Å². The molecule has 0 aliphatic rings. The molecule has 0 heterocycles. The monoisotopic (exact) mass is 434 g/mol. The number of benzene rings is 1. The molecule has 0 unspecified atom stereocenters. The van der Waals surface area contributed by atoms with Crippen molar-refractivity contribution < 1.29 is 9.53 Å². The summed E-state index contributed by atoms with van der Waals surface area (Å²) in [4.78, 5) is 11.8. The molecular formula is C27H46O2S. The zero-order valence-electron chi connectivity index (χ0n) is 19.5. The zero-order valence-corrected chi connectivity index (χ0v) is 20.4. The molecule has 3 heteroatoms. The minimum Gasteiger partial charge on any atom is -0.465 e. The third-order valence-electron chi connectivity index (χ3n) is 5.59. The molecule has 0 spiro atoms. The maximum atomic E-state index is 11.8. The second-order valence-electron chi connectivity index (χ2n) is 8.50. The van der Waals surface area contributed by atoms with Crippen LogP contribution in [0, 0.1) is 0 Å². The standard InChI is InChI=1S/C27H46O2S/c1-2-3-4-5-6-7-8-9-10-11-12-13-14-15-16-20-23-29-27(28)25-30-24-26-21-18-17-19-22-26/h17-19,21-22H,2-16,20,23-25H2,1H3. The molecule has 0 aliphatic carbocycles. The van der Waals surface area contributed by atoms with Crippen molar-refractivity contribution in [3.8, 4) is 0 Å². The molecule has 1 aromatic rings. The molecule has 0 atom stereocenters. The van der Waals surface area contributed by atoms with Gasteiger partial charge in [-0.05, 0) is 12.0 Å². The number of carbonyl (C=O) groups excluding carboxylic acids is 1. The molecule has 0 saturated heterocycles. The van der Waals surface area contributed by atoms with E-state index in [4.69, 9.17) is 4.74 Å². The normalized spacial score (nSPS) is 11.0. The zero-order chi connectivity index (χ0) is 21.5. The summed E-state index contributed by atoms with van der Waals surface area (Å²) in [6.45, 7) is 2.87. The molecule has 2 nitrogen and oxygen atoms in total. The predicted octanol–water partition coefficient (Wildman–Crippen LogP) is 8.72. The Hall–Kier alpha value is -0.960. The van der Waals surface area contributed by atoms with Gasteiger partial charge >= 0.3 is 5.97 Å². The fourth-order valence-electron chi connectivity index (χ4n) is 3.70. The van der Waals surface area contributed by atoms with E-state index in [-0.39, 0.29) is 5.97 Å². The van der Waals surface area contributed by atoms with Gasteiger partial charge in [0.15, 0.2) is 0 Å². The van der Waals surface area contributed by atoms with E-state index in [0.29, 0.717) is 12.4 Å². The van der Waals surface area contributed by atoms with E-state index in [1.807, 2.05) is 18.2 Å². The van der Waals surface area contributed by atoms with Crippen LogP contribution in [-0.2, 0) is 15.3 Å². The van der Waals surface area contributed by atoms with Gasteiger partial charge < -0.3 is 4.74 Å². The van der Waals surface area contributed by atoms with Crippen molar-refractivity contribution in [2.75, 3.05) is 12.4 Å². The molecule has 0 radical (unpaired) electrons. The summed E-state index contributed by atoms with van der Waals surface area (Å²) < 4.78 is 5.34. The summed E-state index contributed by atoms with van der Waals surface area (Å²) in [6.07, 6.45) is 21.8. The third kappa shape index (κ3) is 17.9. The van der Waals surface area contributed by atoms with Crippen LogP contribution in [0.2, 0.25) is 0 Å². The summed E-state index contributed by atoms with van der Waals surface area (Å²) in [6, 6.07) is 10.3. The Bertz CT molecular complexity index is 489. The van der Waals surface area contributed by atoms with Crippen LogP contribution in [0.1, 0.15) is 115 Å². The molecule has 1 aromatic carbocycles. The third-order valence-corrected chi connectivity index (χ3v) is 6.57. The molecule has 0 N–H and O–H groups in total. The lowest BCUT2D eigenvalue weighted by Gasteiger charge is -2.05. The topological polar surface area (TPSA) is 26.3 Å². The first-order valence-electron chi connectivity index (χ1n) is 12.6. The van der Waals surface area contributed by atoms with Crippen LogP contribution in [0.25, 0.3) is 0 Å². The van der Waals surface area contributed by atoms with Gasteiger partial charge in [-0.25, -0.2) is 0 Å². The van der Waals surface area contributed by atoms with E-state index in [9.17, 15) is 4.79 Å². The molecule has 0 amide bonds. The van der Waals surface area contributed by atoms with Gasteiger partial charge in [0, 0.05) is 5.75 Å². The quantitative estimate of drug-likeness (QED) is 0.143. The summed E-state index contributed by atoms with van der Waals surface area (Å²) in [5.74, 6) is 1.25. The lowest BCUT2D eigenvalue weighted by molar-refractivity contribution is -0.140. The number of rotatable bonds is 21. The summed E-state index contributed by atoms with van der Waals surface area (Å²) in [5.41, 5.74) is 1.26. The fourth-order valence-corrected chi connectivity index (χ4v) is 4.48. The van der Waals surface area contributed by atoms with E-state index in [1.54, 1.807) is 11.8 Å². The number of hydrogen-bond acceptors (Lipinski definition) is 3. The minimum atomic E-state index is -0.0723. The Labute approximate surface area is 190 Å². The smallest absolute Gasteiger partial charge is 0.315 e. The number of thioether (sulfide) groups is 1. The molecule has 0 aliphatic heterocycles. The molecule has 30 heavy (non-hydrogen) atoms. The first kappa shape index (κ1) is 27.1. The van der Waals surface area contributed by atoms with E-state index in [2.05, 4.69) is 19.1 Å². The molecular weight excluding hydrogens is 388 g/mol. The molecule has 0 bridgehead atoms. The lowest BCUT2D eigenvalue weighted by Crippen LogP contribution is -2.08. The van der Waals surface area contributed by atoms with Gasteiger partial charge in [-0.15, -0.1) is 11.8 Å². The fraction of sp³-hybridized carbons (Fsp3) is 0.741. The van der Waals surface area contributed by atoms with Crippen molar-refractivity contribution in [1.29, 1.82) is 0 Å². The number of hydrogen-bond donors (Lipinski definition) is 0.